The summed E-state index contributed by atoms with van der Waals surface area (Å²) in [6, 6.07) is 10.6. The monoisotopic (exact) mass is 440 g/mol. The number of hydrogen-bond donors (Lipinski definition) is 1. The van der Waals surface area contributed by atoms with E-state index in [0.717, 1.165) is 30.5 Å². The molecule has 1 amide bonds. The highest BCUT2D eigenvalue weighted by atomic mass is 16.2. The van der Waals surface area contributed by atoms with Crippen LogP contribution in [0.25, 0.3) is 22.0 Å². The largest absolute Gasteiger partial charge is 0.358 e. The second-order valence-corrected chi connectivity index (χ2v) is 8.96. The van der Waals surface area contributed by atoms with Gasteiger partial charge in [-0.3, -0.25) is 9.78 Å². The number of amides is 1. The molecule has 7 heteroatoms. The molecule has 0 aliphatic carbocycles. The zero-order valence-corrected chi connectivity index (χ0v) is 19.2. The summed E-state index contributed by atoms with van der Waals surface area (Å²) in [5, 5.41) is 1.22. The molecule has 0 radical (unpaired) electrons. The van der Waals surface area contributed by atoms with Crippen molar-refractivity contribution in [3.8, 4) is 11.1 Å². The fourth-order valence-corrected chi connectivity index (χ4v) is 4.70. The van der Waals surface area contributed by atoms with Gasteiger partial charge < -0.3 is 14.8 Å². The molecular formula is C26H28N6O. The number of nitrogens with one attached hydrogen (secondary N) is 1. The summed E-state index contributed by atoms with van der Waals surface area (Å²) in [5.41, 5.74) is 6.44. The lowest BCUT2D eigenvalue weighted by molar-refractivity contribution is 0.0705. The number of H-pyrrole nitrogens is 1. The van der Waals surface area contributed by atoms with Gasteiger partial charge in [0.15, 0.2) is 0 Å². The molecule has 4 heterocycles. The van der Waals surface area contributed by atoms with Gasteiger partial charge in [-0.1, -0.05) is 11.6 Å². The van der Waals surface area contributed by atoms with Gasteiger partial charge in [-0.15, -0.1) is 0 Å². The van der Waals surface area contributed by atoms with Crippen molar-refractivity contribution in [3.05, 3.63) is 71.9 Å². The van der Waals surface area contributed by atoms with E-state index in [-0.39, 0.29) is 11.8 Å². The number of hydrogen-bond acceptors (Lipinski definition) is 5. The molecule has 4 aromatic rings. The first-order valence-corrected chi connectivity index (χ1v) is 11.3. The van der Waals surface area contributed by atoms with Crippen molar-refractivity contribution in [2.75, 3.05) is 32.1 Å². The normalized spacial score (nSPS) is 16.2. The Balaban J connectivity index is 1.48. The summed E-state index contributed by atoms with van der Waals surface area (Å²) in [7, 11) is 3.77. The molecule has 1 fully saturated rings. The molecule has 1 aliphatic rings. The molecule has 0 saturated carbocycles. The van der Waals surface area contributed by atoms with E-state index >= 15 is 0 Å². The van der Waals surface area contributed by atoms with Crippen LogP contribution in [0, 0.1) is 6.92 Å². The van der Waals surface area contributed by atoms with Crippen LogP contribution >= 0.6 is 0 Å². The lowest BCUT2D eigenvalue weighted by atomic mass is 9.89. The van der Waals surface area contributed by atoms with E-state index in [1.54, 1.807) is 12.4 Å². The van der Waals surface area contributed by atoms with Gasteiger partial charge >= 0.3 is 0 Å². The highest BCUT2D eigenvalue weighted by Gasteiger charge is 2.29. The Hall–Kier alpha value is -3.74. The summed E-state index contributed by atoms with van der Waals surface area (Å²) in [6.07, 6.45) is 8.91. The lowest BCUT2D eigenvalue weighted by Crippen LogP contribution is -2.39. The number of benzene rings is 1. The predicted molar refractivity (Wildman–Crippen MR) is 131 cm³/mol. The first kappa shape index (κ1) is 21.1. The Kier molecular flexibility index (Phi) is 5.54. The molecule has 33 heavy (non-hydrogen) atoms. The lowest BCUT2D eigenvalue weighted by Gasteiger charge is -2.33. The van der Waals surface area contributed by atoms with Crippen molar-refractivity contribution >= 4 is 22.8 Å². The first-order chi connectivity index (χ1) is 16.0. The van der Waals surface area contributed by atoms with E-state index in [1.165, 1.54) is 22.2 Å². The van der Waals surface area contributed by atoms with Crippen molar-refractivity contribution in [1.82, 2.24) is 24.8 Å². The molecule has 3 aromatic heterocycles. The number of piperidine rings is 1. The second-order valence-electron chi connectivity index (χ2n) is 8.96. The summed E-state index contributed by atoms with van der Waals surface area (Å²) < 4.78 is 0. The number of aromatic nitrogens is 4. The van der Waals surface area contributed by atoms with Crippen molar-refractivity contribution in [1.29, 1.82) is 0 Å². The molecule has 1 aliphatic heterocycles. The van der Waals surface area contributed by atoms with Crippen LogP contribution in [0.3, 0.4) is 0 Å². The highest BCUT2D eigenvalue weighted by molar-refractivity contribution is 5.98. The molecule has 0 spiro atoms. The maximum Gasteiger partial charge on any atom is 0.257 e. The van der Waals surface area contributed by atoms with Crippen LogP contribution in [0.15, 0.2) is 55.1 Å². The zero-order chi connectivity index (χ0) is 22.9. The minimum Gasteiger partial charge on any atom is -0.358 e. The van der Waals surface area contributed by atoms with E-state index < -0.39 is 0 Å². The fourth-order valence-electron chi connectivity index (χ4n) is 4.70. The Morgan fingerprint density at radius 3 is 2.61 bits per heavy atom. The van der Waals surface area contributed by atoms with Gasteiger partial charge in [0.25, 0.3) is 5.91 Å². The molecule has 0 bridgehead atoms. The Morgan fingerprint density at radius 2 is 1.88 bits per heavy atom. The molecule has 1 N–H and O–H groups in total. The van der Waals surface area contributed by atoms with E-state index in [9.17, 15) is 4.79 Å². The topological polar surface area (TPSA) is 78.0 Å². The van der Waals surface area contributed by atoms with Crippen LogP contribution in [-0.4, -0.2) is 57.9 Å². The fraction of sp³-hybridized carbons (Fsp3) is 0.308. The van der Waals surface area contributed by atoms with Crippen molar-refractivity contribution in [2.24, 2.45) is 0 Å². The standard InChI is InChI=1S/C26H28N6O/c1-17-6-7-22-21(13-17)23(18-8-10-27-11-9-18)24(30-22)19-5-4-12-32(16-19)25(33)20-14-28-26(29-15-20)31(2)3/h6-11,13-15,19,30H,4-5,12,16H2,1-3H3/t19-/m0/s1. The van der Waals surface area contributed by atoms with Gasteiger partial charge in [0, 0.05) is 80.1 Å². The number of rotatable bonds is 4. The molecule has 1 saturated heterocycles. The molecule has 168 valence electrons. The van der Waals surface area contributed by atoms with Crippen LogP contribution < -0.4 is 4.90 Å². The summed E-state index contributed by atoms with van der Waals surface area (Å²) >= 11 is 0. The third-order valence-corrected chi connectivity index (χ3v) is 6.35. The summed E-state index contributed by atoms with van der Waals surface area (Å²) in [4.78, 5) is 33.5. The summed E-state index contributed by atoms with van der Waals surface area (Å²) in [5.74, 6) is 0.807. The Labute approximate surface area is 193 Å². The van der Waals surface area contributed by atoms with Crippen LogP contribution in [0.1, 0.15) is 40.4 Å². The first-order valence-electron chi connectivity index (χ1n) is 11.3. The molecule has 0 unspecified atom stereocenters. The third kappa shape index (κ3) is 4.06. The second kappa shape index (κ2) is 8.65. The van der Waals surface area contributed by atoms with Crippen LogP contribution in [0.4, 0.5) is 5.95 Å². The number of nitrogens with zero attached hydrogens (tertiary/aromatic N) is 5. The molecule has 1 atom stereocenters. The van der Waals surface area contributed by atoms with Crippen molar-refractivity contribution in [3.63, 3.8) is 0 Å². The number of carbonyl (C=O) groups is 1. The molecule has 1 aromatic carbocycles. The average molecular weight is 441 g/mol. The van der Waals surface area contributed by atoms with Crippen LogP contribution in [-0.2, 0) is 0 Å². The summed E-state index contributed by atoms with van der Waals surface area (Å²) in [6.45, 7) is 3.53. The Morgan fingerprint density at radius 1 is 1.12 bits per heavy atom. The van der Waals surface area contributed by atoms with Gasteiger partial charge in [0.05, 0.1) is 5.56 Å². The zero-order valence-electron chi connectivity index (χ0n) is 19.2. The van der Waals surface area contributed by atoms with E-state index in [2.05, 4.69) is 57.2 Å². The Bertz CT molecular complexity index is 1280. The molecular weight excluding hydrogens is 412 g/mol. The molecule has 7 nitrogen and oxygen atoms in total. The smallest absolute Gasteiger partial charge is 0.257 e. The minimum atomic E-state index is -0.0116. The number of anilines is 1. The number of likely N-dealkylation sites (tertiary alicyclic amines) is 1. The van der Waals surface area contributed by atoms with E-state index in [1.807, 2.05) is 36.3 Å². The van der Waals surface area contributed by atoms with Crippen LogP contribution in [0.5, 0.6) is 0 Å². The van der Waals surface area contributed by atoms with Gasteiger partial charge in [-0.25, -0.2) is 9.97 Å². The number of aryl methyl sites for hydroxylation is 1. The maximum atomic E-state index is 13.2. The number of pyridine rings is 1. The SMILES string of the molecule is Cc1ccc2[nH]c([C@H]3CCCN(C(=O)c4cnc(N(C)C)nc4)C3)c(-c3ccncc3)c2c1. The minimum absolute atomic E-state index is 0.0116. The highest BCUT2D eigenvalue weighted by Crippen LogP contribution is 2.39. The third-order valence-electron chi connectivity index (χ3n) is 6.35. The van der Waals surface area contributed by atoms with Crippen molar-refractivity contribution < 1.29 is 4.79 Å². The number of carbonyl (C=O) groups excluding carboxylic acids is 1. The van der Waals surface area contributed by atoms with Gasteiger partial charge in [-0.2, -0.15) is 0 Å². The van der Waals surface area contributed by atoms with Gasteiger partial charge in [0.2, 0.25) is 5.95 Å². The predicted octanol–water partition coefficient (Wildman–Crippen LogP) is 4.41. The van der Waals surface area contributed by atoms with Gasteiger partial charge in [-0.05, 0) is 49.6 Å². The van der Waals surface area contributed by atoms with Gasteiger partial charge in [0.1, 0.15) is 0 Å². The number of aromatic amines is 1. The quantitative estimate of drug-likeness (QED) is 0.508. The average Bonchev–Trinajstić information content (AvgIpc) is 3.23. The molecule has 5 rings (SSSR count). The maximum absolute atomic E-state index is 13.2. The van der Waals surface area contributed by atoms with E-state index in [4.69, 9.17) is 0 Å². The van der Waals surface area contributed by atoms with Crippen molar-refractivity contribution in [2.45, 2.75) is 25.7 Å². The van der Waals surface area contributed by atoms with E-state index in [0.29, 0.717) is 18.1 Å². The van der Waals surface area contributed by atoms with Crippen LogP contribution in [0.2, 0.25) is 0 Å². The number of fused-ring (bicyclic) bond motifs is 1.